The first kappa shape index (κ1) is 23.2. The molecular weight excluding hydrogens is 340 g/mol. The van der Waals surface area contributed by atoms with E-state index in [0.29, 0.717) is 17.4 Å². The van der Waals surface area contributed by atoms with Crippen molar-refractivity contribution in [3.8, 4) is 0 Å². The Bertz CT molecular complexity index is 562. The van der Waals surface area contributed by atoms with Gasteiger partial charge in [0.05, 0.1) is 11.1 Å². The second kappa shape index (κ2) is 12.5. The molecule has 0 bridgehead atoms. The fourth-order valence-electron chi connectivity index (χ4n) is 3.36. The first-order chi connectivity index (χ1) is 12.9. The van der Waals surface area contributed by atoms with Crippen LogP contribution in [0, 0.1) is 11.8 Å². The summed E-state index contributed by atoms with van der Waals surface area (Å²) >= 11 is 0. The fraction of sp³-hybridized carbons (Fsp3) is 0.652. The van der Waals surface area contributed by atoms with E-state index in [1.165, 1.54) is 30.7 Å². The number of ether oxygens (including phenoxy) is 1. The van der Waals surface area contributed by atoms with Gasteiger partial charge in [0.1, 0.15) is 6.10 Å². The predicted molar refractivity (Wildman–Crippen MR) is 109 cm³/mol. The summed E-state index contributed by atoms with van der Waals surface area (Å²) < 4.78 is 5.91. The Kier molecular flexibility index (Phi) is 10.8. The molecule has 0 aromatic heterocycles. The maximum atomic E-state index is 12.6. The molecule has 2 atom stereocenters. The Morgan fingerprint density at radius 2 is 1.52 bits per heavy atom. The number of benzene rings is 1. The Hall–Kier alpha value is -1.84. The minimum Gasteiger partial charge on any atom is -0.478 e. The Morgan fingerprint density at radius 3 is 2.04 bits per heavy atom. The van der Waals surface area contributed by atoms with Crippen molar-refractivity contribution >= 4 is 11.9 Å². The number of esters is 1. The van der Waals surface area contributed by atoms with Crippen molar-refractivity contribution in [3.05, 3.63) is 35.4 Å². The van der Waals surface area contributed by atoms with Crippen LogP contribution in [0.4, 0.5) is 0 Å². The highest BCUT2D eigenvalue weighted by Crippen LogP contribution is 2.25. The first-order valence-electron chi connectivity index (χ1n) is 10.4. The van der Waals surface area contributed by atoms with Gasteiger partial charge in [-0.05, 0) is 61.8 Å². The van der Waals surface area contributed by atoms with E-state index in [9.17, 15) is 9.59 Å². The molecule has 152 valence electrons. The highest BCUT2D eigenvalue weighted by molar-refractivity contribution is 5.92. The van der Waals surface area contributed by atoms with E-state index in [-0.39, 0.29) is 17.6 Å². The number of unbranched alkanes of at least 4 members (excludes halogenated alkanes) is 2. The van der Waals surface area contributed by atoms with Crippen LogP contribution in [0.25, 0.3) is 0 Å². The summed E-state index contributed by atoms with van der Waals surface area (Å²) in [6.45, 7) is 8.81. The van der Waals surface area contributed by atoms with Gasteiger partial charge in [-0.2, -0.15) is 0 Å². The molecule has 0 fully saturated rings. The number of carbonyl (C=O) groups is 2. The lowest BCUT2D eigenvalue weighted by molar-refractivity contribution is 0.00767. The highest BCUT2D eigenvalue weighted by Gasteiger charge is 2.24. The smallest absolute Gasteiger partial charge is 0.338 e. The van der Waals surface area contributed by atoms with Crippen LogP contribution < -0.4 is 0 Å². The molecule has 4 heteroatoms. The quantitative estimate of drug-likeness (QED) is 0.322. The van der Waals surface area contributed by atoms with Crippen LogP contribution in [-0.2, 0) is 4.74 Å². The van der Waals surface area contributed by atoms with Crippen LogP contribution in [0.3, 0.4) is 0 Å². The van der Waals surface area contributed by atoms with Gasteiger partial charge in [0.25, 0.3) is 0 Å². The monoisotopic (exact) mass is 376 g/mol. The second-order valence-corrected chi connectivity index (χ2v) is 7.82. The summed E-state index contributed by atoms with van der Waals surface area (Å²) in [6.07, 6.45) is 8.61. The third-order valence-corrected chi connectivity index (χ3v) is 5.12. The summed E-state index contributed by atoms with van der Waals surface area (Å²) in [7, 11) is 0. The molecule has 0 aliphatic heterocycles. The van der Waals surface area contributed by atoms with E-state index in [2.05, 4.69) is 27.7 Å². The number of aromatic carboxylic acids is 1. The van der Waals surface area contributed by atoms with Crippen LogP contribution in [0.2, 0.25) is 0 Å². The van der Waals surface area contributed by atoms with Crippen molar-refractivity contribution < 1.29 is 19.4 Å². The lowest BCUT2D eigenvalue weighted by Gasteiger charge is -2.26. The second-order valence-electron chi connectivity index (χ2n) is 7.82. The molecule has 0 aliphatic carbocycles. The largest absolute Gasteiger partial charge is 0.478 e. The van der Waals surface area contributed by atoms with Crippen molar-refractivity contribution in [1.29, 1.82) is 0 Å². The van der Waals surface area contributed by atoms with E-state index in [0.717, 1.165) is 44.9 Å². The van der Waals surface area contributed by atoms with Gasteiger partial charge in [0.2, 0.25) is 0 Å². The standard InChI is InChI=1S/C23H36O4/c1-5-7-11-18(6-2)21(12-9-8-10-17(3)4)27-23(26)20-15-13-19(14-16-20)22(24)25/h13-18,21H,5-12H2,1-4H3,(H,24,25). The van der Waals surface area contributed by atoms with Gasteiger partial charge in [-0.3, -0.25) is 0 Å². The molecule has 1 aromatic carbocycles. The molecular formula is C23H36O4. The molecule has 2 unspecified atom stereocenters. The lowest BCUT2D eigenvalue weighted by Crippen LogP contribution is -2.27. The van der Waals surface area contributed by atoms with E-state index in [1.54, 1.807) is 0 Å². The molecule has 0 aliphatic rings. The zero-order valence-electron chi connectivity index (χ0n) is 17.4. The molecule has 0 radical (unpaired) electrons. The number of hydrogen-bond acceptors (Lipinski definition) is 3. The van der Waals surface area contributed by atoms with Crippen molar-refractivity contribution in [2.75, 3.05) is 0 Å². The fourth-order valence-corrected chi connectivity index (χ4v) is 3.36. The molecule has 1 aromatic rings. The zero-order valence-corrected chi connectivity index (χ0v) is 17.4. The summed E-state index contributed by atoms with van der Waals surface area (Å²) in [5.41, 5.74) is 0.587. The molecule has 1 rings (SSSR count). The molecule has 0 amide bonds. The van der Waals surface area contributed by atoms with Gasteiger partial charge in [0, 0.05) is 0 Å². The van der Waals surface area contributed by atoms with Crippen molar-refractivity contribution in [3.63, 3.8) is 0 Å². The third-order valence-electron chi connectivity index (χ3n) is 5.12. The topological polar surface area (TPSA) is 63.6 Å². The molecule has 0 heterocycles. The van der Waals surface area contributed by atoms with Crippen LogP contribution in [0.5, 0.6) is 0 Å². The van der Waals surface area contributed by atoms with Gasteiger partial charge >= 0.3 is 11.9 Å². The zero-order chi connectivity index (χ0) is 20.2. The SMILES string of the molecule is CCCCC(CC)C(CCCCC(C)C)OC(=O)c1ccc(C(=O)O)cc1. The van der Waals surface area contributed by atoms with Gasteiger partial charge < -0.3 is 9.84 Å². The Labute approximate surface area is 164 Å². The summed E-state index contributed by atoms with van der Waals surface area (Å²) in [5.74, 6) is -0.272. The number of carboxylic acids is 1. The molecule has 27 heavy (non-hydrogen) atoms. The van der Waals surface area contributed by atoms with Crippen molar-refractivity contribution in [2.45, 2.75) is 85.2 Å². The maximum Gasteiger partial charge on any atom is 0.338 e. The average Bonchev–Trinajstić information content (AvgIpc) is 2.65. The summed E-state index contributed by atoms with van der Waals surface area (Å²) in [4.78, 5) is 23.6. The Balaban J connectivity index is 2.77. The van der Waals surface area contributed by atoms with Crippen LogP contribution >= 0.6 is 0 Å². The third kappa shape index (κ3) is 8.59. The van der Waals surface area contributed by atoms with Crippen LogP contribution in [0.1, 0.15) is 99.8 Å². The predicted octanol–water partition coefficient (Wildman–Crippen LogP) is 6.34. The van der Waals surface area contributed by atoms with Gasteiger partial charge in [-0.1, -0.05) is 53.4 Å². The number of hydrogen-bond donors (Lipinski definition) is 1. The highest BCUT2D eigenvalue weighted by atomic mass is 16.5. The van der Waals surface area contributed by atoms with Gasteiger partial charge in [-0.15, -0.1) is 0 Å². The van der Waals surface area contributed by atoms with Gasteiger partial charge in [-0.25, -0.2) is 9.59 Å². The minimum absolute atomic E-state index is 0.0691. The maximum absolute atomic E-state index is 12.6. The summed E-state index contributed by atoms with van der Waals surface area (Å²) in [5, 5.41) is 8.99. The Morgan fingerprint density at radius 1 is 0.926 bits per heavy atom. The van der Waals surface area contributed by atoms with E-state index in [1.807, 2.05) is 0 Å². The van der Waals surface area contributed by atoms with Crippen LogP contribution in [0.15, 0.2) is 24.3 Å². The molecule has 0 spiro atoms. The van der Waals surface area contributed by atoms with Crippen LogP contribution in [-0.4, -0.2) is 23.1 Å². The lowest BCUT2D eigenvalue weighted by atomic mass is 9.89. The number of carbonyl (C=O) groups excluding carboxylic acids is 1. The van der Waals surface area contributed by atoms with E-state index in [4.69, 9.17) is 9.84 Å². The number of rotatable bonds is 13. The van der Waals surface area contributed by atoms with Crippen molar-refractivity contribution in [1.82, 2.24) is 0 Å². The summed E-state index contributed by atoms with van der Waals surface area (Å²) in [6, 6.07) is 5.97. The van der Waals surface area contributed by atoms with Crippen molar-refractivity contribution in [2.24, 2.45) is 11.8 Å². The molecule has 4 nitrogen and oxygen atoms in total. The number of carboxylic acid groups (broad SMARTS) is 1. The van der Waals surface area contributed by atoms with E-state index >= 15 is 0 Å². The van der Waals surface area contributed by atoms with Gasteiger partial charge in [0.15, 0.2) is 0 Å². The van der Waals surface area contributed by atoms with E-state index < -0.39 is 5.97 Å². The molecule has 0 saturated heterocycles. The first-order valence-corrected chi connectivity index (χ1v) is 10.4. The molecule has 0 saturated carbocycles. The normalized spacial score (nSPS) is 13.4. The minimum atomic E-state index is -0.997. The average molecular weight is 377 g/mol. The molecule has 1 N–H and O–H groups in total.